The zero-order valence-electron chi connectivity index (χ0n) is 9.44. The molecule has 0 aliphatic rings. The van der Waals surface area contributed by atoms with Crippen LogP contribution in [-0.2, 0) is 6.18 Å². The third-order valence-electron chi connectivity index (χ3n) is 2.40. The van der Waals surface area contributed by atoms with E-state index in [1.807, 2.05) is 0 Å². The third kappa shape index (κ3) is 2.47. The van der Waals surface area contributed by atoms with E-state index in [2.05, 4.69) is 9.97 Å². The first-order valence-electron chi connectivity index (χ1n) is 5.12. The first-order valence-corrected chi connectivity index (χ1v) is 5.12. The van der Waals surface area contributed by atoms with Gasteiger partial charge in [-0.05, 0) is 24.3 Å². The Labute approximate surface area is 106 Å². The monoisotopic (exact) mass is 264 g/mol. The summed E-state index contributed by atoms with van der Waals surface area (Å²) < 4.78 is 38.5. The number of halogens is 3. The topological polar surface area (TPSA) is 75.6 Å². The van der Waals surface area contributed by atoms with Gasteiger partial charge in [-0.3, -0.25) is 4.98 Å². The van der Waals surface area contributed by atoms with E-state index < -0.39 is 11.7 Å². The van der Waals surface area contributed by atoms with Gasteiger partial charge in [-0.1, -0.05) is 0 Å². The van der Waals surface area contributed by atoms with Crippen LogP contribution in [0.4, 0.5) is 19.0 Å². The van der Waals surface area contributed by atoms with Crippen LogP contribution in [0.3, 0.4) is 0 Å². The predicted octanol–water partition coefficient (Wildman–Crippen LogP) is 2.62. The molecule has 0 saturated heterocycles. The van der Waals surface area contributed by atoms with Crippen LogP contribution in [0.15, 0.2) is 30.5 Å². The smallest absolute Gasteiger partial charge is 0.383 e. The second-order valence-electron chi connectivity index (χ2n) is 3.64. The van der Waals surface area contributed by atoms with E-state index in [0.29, 0.717) is 0 Å². The number of nitriles is 1. The number of nitrogens with zero attached hydrogens (tertiary/aromatic N) is 3. The summed E-state index contributed by atoms with van der Waals surface area (Å²) in [4.78, 5) is 7.47. The number of nitrogen functional groups attached to an aromatic ring is 1. The van der Waals surface area contributed by atoms with Crippen molar-refractivity contribution >= 4 is 5.82 Å². The lowest BCUT2D eigenvalue weighted by atomic mass is 10.1. The van der Waals surface area contributed by atoms with E-state index in [9.17, 15) is 13.2 Å². The fraction of sp³-hybridized carbons (Fsp3) is 0.0833. The molecule has 0 aromatic carbocycles. The molecule has 0 fully saturated rings. The minimum atomic E-state index is -4.53. The zero-order chi connectivity index (χ0) is 14.0. The van der Waals surface area contributed by atoms with Crippen LogP contribution in [-0.4, -0.2) is 9.97 Å². The van der Waals surface area contributed by atoms with Crippen molar-refractivity contribution in [2.45, 2.75) is 6.18 Å². The fourth-order valence-electron chi connectivity index (χ4n) is 1.54. The average molecular weight is 264 g/mol. The molecule has 0 aliphatic carbocycles. The van der Waals surface area contributed by atoms with Gasteiger partial charge in [0.25, 0.3) is 0 Å². The number of hydrogen-bond acceptors (Lipinski definition) is 4. The molecule has 7 heteroatoms. The molecule has 0 atom stereocenters. The minimum absolute atomic E-state index is 0.0237. The van der Waals surface area contributed by atoms with Crippen LogP contribution in [0.5, 0.6) is 0 Å². The molecule has 19 heavy (non-hydrogen) atoms. The second-order valence-corrected chi connectivity index (χ2v) is 3.64. The molecule has 0 aliphatic heterocycles. The molecule has 2 heterocycles. The highest BCUT2D eigenvalue weighted by Crippen LogP contribution is 2.35. The van der Waals surface area contributed by atoms with Gasteiger partial charge in [-0.15, -0.1) is 0 Å². The molecular formula is C12H7F3N4. The molecule has 2 aromatic rings. The maximum atomic E-state index is 12.8. The van der Waals surface area contributed by atoms with E-state index in [-0.39, 0.29) is 22.8 Å². The number of pyridine rings is 2. The molecule has 2 rings (SSSR count). The van der Waals surface area contributed by atoms with Gasteiger partial charge >= 0.3 is 6.18 Å². The quantitative estimate of drug-likeness (QED) is 0.859. The zero-order valence-corrected chi connectivity index (χ0v) is 9.44. The van der Waals surface area contributed by atoms with Crippen molar-refractivity contribution < 1.29 is 13.2 Å². The minimum Gasteiger partial charge on any atom is -0.383 e. The second kappa shape index (κ2) is 4.57. The Bertz CT molecular complexity index is 659. The molecule has 0 radical (unpaired) electrons. The third-order valence-corrected chi connectivity index (χ3v) is 2.40. The van der Waals surface area contributed by atoms with E-state index in [1.165, 1.54) is 24.4 Å². The Balaban J connectivity index is 2.61. The van der Waals surface area contributed by atoms with Crippen LogP contribution >= 0.6 is 0 Å². The lowest BCUT2D eigenvalue weighted by Gasteiger charge is -2.11. The summed E-state index contributed by atoms with van der Waals surface area (Å²) in [5.41, 5.74) is 4.36. The number of rotatable bonds is 1. The van der Waals surface area contributed by atoms with Crippen molar-refractivity contribution in [3.63, 3.8) is 0 Å². The van der Waals surface area contributed by atoms with Crippen molar-refractivity contribution in [3.8, 4) is 17.5 Å². The van der Waals surface area contributed by atoms with Crippen LogP contribution in [0.1, 0.15) is 11.1 Å². The van der Waals surface area contributed by atoms with E-state index in [1.54, 1.807) is 6.07 Å². The number of alkyl halides is 3. The van der Waals surface area contributed by atoms with Gasteiger partial charge in [-0.2, -0.15) is 18.4 Å². The first kappa shape index (κ1) is 12.8. The summed E-state index contributed by atoms with van der Waals surface area (Å²) in [5.74, 6) is -0.126. The maximum Gasteiger partial charge on any atom is 0.418 e. The van der Waals surface area contributed by atoms with Crippen LogP contribution < -0.4 is 5.73 Å². The number of nitrogens with two attached hydrogens (primary N) is 1. The molecule has 0 unspecified atom stereocenters. The molecule has 0 amide bonds. The van der Waals surface area contributed by atoms with Gasteiger partial charge in [0, 0.05) is 6.20 Å². The Morgan fingerprint density at radius 1 is 1.21 bits per heavy atom. The molecule has 2 N–H and O–H groups in total. The molecule has 0 bridgehead atoms. The highest BCUT2D eigenvalue weighted by molar-refractivity contribution is 5.63. The Kier molecular flexibility index (Phi) is 3.09. The highest BCUT2D eigenvalue weighted by Gasteiger charge is 2.34. The van der Waals surface area contributed by atoms with Crippen molar-refractivity contribution in [2.75, 3.05) is 5.73 Å². The molecule has 96 valence electrons. The lowest BCUT2D eigenvalue weighted by molar-refractivity contribution is -0.137. The maximum absolute atomic E-state index is 12.8. The first-order chi connectivity index (χ1) is 8.93. The van der Waals surface area contributed by atoms with Crippen LogP contribution in [0, 0.1) is 11.3 Å². The summed E-state index contributed by atoms with van der Waals surface area (Å²) >= 11 is 0. The van der Waals surface area contributed by atoms with E-state index in [0.717, 1.165) is 6.07 Å². The molecule has 0 spiro atoms. The summed E-state index contributed by atoms with van der Waals surface area (Å²) in [6, 6.07) is 6.49. The summed E-state index contributed by atoms with van der Waals surface area (Å²) in [6.07, 6.45) is -3.30. The van der Waals surface area contributed by atoms with Crippen molar-refractivity contribution in [1.82, 2.24) is 9.97 Å². The number of anilines is 1. The van der Waals surface area contributed by atoms with Gasteiger partial charge < -0.3 is 5.73 Å². The Morgan fingerprint density at radius 2 is 1.95 bits per heavy atom. The SMILES string of the molecule is N#Cc1ccc(-c2ncccc2C(F)(F)F)nc1N. The standard InChI is InChI=1S/C12H7F3N4/c13-12(14,15)8-2-1-5-18-10(8)9-4-3-7(6-16)11(17)19-9/h1-5H,(H2,17,19). The summed E-state index contributed by atoms with van der Waals surface area (Å²) in [7, 11) is 0. The van der Waals surface area contributed by atoms with E-state index in [4.69, 9.17) is 11.0 Å². The van der Waals surface area contributed by atoms with Gasteiger partial charge in [-0.25, -0.2) is 4.98 Å². The van der Waals surface area contributed by atoms with Crippen molar-refractivity contribution in [2.24, 2.45) is 0 Å². The van der Waals surface area contributed by atoms with E-state index >= 15 is 0 Å². The lowest BCUT2D eigenvalue weighted by Crippen LogP contribution is -2.09. The van der Waals surface area contributed by atoms with Crippen molar-refractivity contribution in [3.05, 3.63) is 41.6 Å². The molecule has 4 nitrogen and oxygen atoms in total. The molecular weight excluding hydrogens is 257 g/mol. The van der Waals surface area contributed by atoms with Crippen molar-refractivity contribution in [1.29, 1.82) is 5.26 Å². The van der Waals surface area contributed by atoms with Gasteiger partial charge in [0.05, 0.1) is 16.8 Å². The predicted molar refractivity (Wildman–Crippen MR) is 61.6 cm³/mol. The summed E-state index contributed by atoms with van der Waals surface area (Å²) in [6.45, 7) is 0. The highest BCUT2D eigenvalue weighted by atomic mass is 19.4. The van der Waals surface area contributed by atoms with Crippen LogP contribution in [0.2, 0.25) is 0 Å². The number of hydrogen-bond donors (Lipinski definition) is 1. The normalized spacial score (nSPS) is 11.1. The molecule has 0 saturated carbocycles. The summed E-state index contributed by atoms with van der Waals surface area (Å²) in [5, 5.41) is 8.70. The van der Waals surface area contributed by atoms with Gasteiger partial charge in [0.1, 0.15) is 17.6 Å². The fourth-order valence-corrected chi connectivity index (χ4v) is 1.54. The van der Waals surface area contributed by atoms with Gasteiger partial charge in [0.2, 0.25) is 0 Å². The van der Waals surface area contributed by atoms with Crippen LogP contribution in [0.25, 0.3) is 11.4 Å². The van der Waals surface area contributed by atoms with Gasteiger partial charge in [0.15, 0.2) is 0 Å². The largest absolute Gasteiger partial charge is 0.418 e. The Morgan fingerprint density at radius 3 is 2.53 bits per heavy atom. The average Bonchev–Trinajstić information content (AvgIpc) is 2.37. The number of aromatic nitrogens is 2. The Hall–Kier alpha value is -2.62. The molecule has 2 aromatic heterocycles.